The Labute approximate surface area is 147 Å². The van der Waals surface area contributed by atoms with E-state index < -0.39 is 0 Å². The SMILES string of the molecule is COc1ccc(S[C@@H](C)C(=O)NCCN2CCOCC2)cc1OC. The summed E-state index contributed by atoms with van der Waals surface area (Å²) in [6.07, 6.45) is 0. The number of rotatable bonds is 8. The maximum atomic E-state index is 12.2. The topological polar surface area (TPSA) is 60.0 Å². The highest BCUT2D eigenvalue weighted by Crippen LogP contribution is 2.33. The molecule has 1 atom stereocenters. The summed E-state index contributed by atoms with van der Waals surface area (Å²) in [5.74, 6) is 1.40. The van der Waals surface area contributed by atoms with Gasteiger partial charge in [0.2, 0.25) is 5.91 Å². The Morgan fingerprint density at radius 3 is 2.67 bits per heavy atom. The van der Waals surface area contributed by atoms with E-state index in [1.807, 2.05) is 25.1 Å². The van der Waals surface area contributed by atoms with Crippen molar-refractivity contribution in [3.8, 4) is 11.5 Å². The molecule has 1 heterocycles. The van der Waals surface area contributed by atoms with Crippen LogP contribution in [0.2, 0.25) is 0 Å². The van der Waals surface area contributed by atoms with Crippen LogP contribution in [0, 0.1) is 0 Å². The lowest BCUT2D eigenvalue weighted by molar-refractivity contribution is -0.120. The molecule has 0 bridgehead atoms. The van der Waals surface area contributed by atoms with Gasteiger partial charge in [0.05, 0.1) is 32.7 Å². The average molecular weight is 354 g/mol. The number of hydrogen-bond acceptors (Lipinski definition) is 6. The number of amides is 1. The van der Waals surface area contributed by atoms with Crippen LogP contribution in [0.25, 0.3) is 0 Å². The standard InChI is InChI=1S/C17H26N2O4S/c1-13(17(20)18-6-7-19-8-10-23-11-9-19)24-14-4-5-15(21-2)16(12-14)22-3/h4-5,12-13H,6-11H2,1-3H3,(H,18,20)/t13-/m0/s1. The summed E-state index contributed by atoms with van der Waals surface area (Å²) in [5.41, 5.74) is 0. The average Bonchev–Trinajstić information content (AvgIpc) is 2.62. The largest absolute Gasteiger partial charge is 0.493 e. The Morgan fingerprint density at radius 1 is 1.29 bits per heavy atom. The van der Waals surface area contributed by atoms with Crippen LogP contribution < -0.4 is 14.8 Å². The van der Waals surface area contributed by atoms with E-state index in [0.29, 0.717) is 18.0 Å². The molecule has 6 nitrogen and oxygen atoms in total. The number of nitrogens with one attached hydrogen (secondary N) is 1. The van der Waals surface area contributed by atoms with Crippen molar-refractivity contribution in [3.05, 3.63) is 18.2 Å². The Bertz CT molecular complexity index is 535. The van der Waals surface area contributed by atoms with Gasteiger partial charge in [0.25, 0.3) is 0 Å². The summed E-state index contributed by atoms with van der Waals surface area (Å²) < 4.78 is 15.8. The lowest BCUT2D eigenvalue weighted by Crippen LogP contribution is -2.42. The Hall–Kier alpha value is -1.44. The lowest BCUT2D eigenvalue weighted by atomic mass is 10.3. The number of carbonyl (C=O) groups excluding carboxylic acids is 1. The van der Waals surface area contributed by atoms with Crippen LogP contribution in [-0.2, 0) is 9.53 Å². The molecule has 0 radical (unpaired) electrons. The van der Waals surface area contributed by atoms with E-state index in [2.05, 4.69) is 10.2 Å². The number of thioether (sulfide) groups is 1. The van der Waals surface area contributed by atoms with Crippen molar-refractivity contribution in [1.29, 1.82) is 0 Å². The molecule has 1 aliphatic heterocycles. The number of benzene rings is 1. The van der Waals surface area contributed by atoms with E-state index in [9.17, 15) is 4.79 Å². The molecule has 1 amide bonds. The number of morpholine rings is 1. The van der Waals surface area contributed by atoms with Crippen LogP contribution in [0.15, 0.2) is 23.1 Å². The first-order chi connectivity index (χ1) is 11.6. The van der Waals surface area contributed by atoms with Gasteiger partial charge in [-0.1, -0.05) is 0 Å². The molecule has 0 unspecified atom stereocenters. The molecule has 0 saturated carbocycles. The predicted molar refractivity (Wildman–Crippen MR) is 95.1 cm³/mol. The minimum absolute atomic E-state index is 0.0445. The third-order valence-corrected chi connectivity index (χ3v) is 4.96. The van der Waals surface area contributed by atoms with E-state index in [1.54, 1.807) is 14.2 Å². The molecule has 0 aliphatic carbocycles. The third kappa shape index (κ3) is 5.58. The van der Waals surface area contributed by atoms with E-state index in [-0.39, 0.29) is 11.2 Å². The van der Waals surface area contributed by atoms with Crippen molar-refractivity contribution in [1.82, 2.24) is 10.2 Å². The molecule has 24 heavy (non-hydrogen) atoms. The van der Waals surface area contributed by atoms with Gasteiger partial charge in [-0.25, -0.2) is 0 Å². The van der Waals surface area contributed by atoms with Crippen molar-refractivity contribution in [3.63, 3.8) is 0 Å². The van der Waals surface area contributed by atoms with Gasteiger partial charge in [0.1, 0.15) is 0 Å². The normalized spacial score (nSPS) is 16.5. The highest BCUT2D eigenvalue weighted by Gasteiger charge is 2.16. The fourth-order valence-electron chi connectivity index (χ4n) is 2.45. The van der Waals surface area contributed by atoms with Crippen molar-refractivity contribution < 1.29 is 19.0 Å². The molecule has 0 spiro atoms. The summed E-state index contributed by atoms with van der Waals surface area (Å²) >= 11 is 1.51. The summed E-state index contributed by atoms with van der Waals surface area (Å²) in [4.78, 5) is 15.5. The van der Waals surface area contributed by atoms with Crippen molar-refractivity contribution in [2.45, 2.75) is 17.1 Å². The maximum Gasteiger partial charge on any atom is 0.233 e. The van der Waals surface area contributed by atoms with Crippen molar-refractivity contribution >= 4 is 17.7 Å². The molecular formula is C17H26N2O4S. The molecular weight excluding hydrogens is 328 g/mol. The molecule has 1 fully saturated rings. The van der Waals surface area contributed by atoms with E-state index >= 15 is 0 Å². The molecule has 1 saturated heterocycles. The van der Waals surface area contributed by atoms with Crippen LogP contribution in [0.1, 0.15) is 6.92 Å². The smallest absolute Gasteiger partial charge is 0.233 e. The second kappa shape index (κ2) is 9.76. The van der Waals surface area contributed by atoms with Crippen LogP contribution in [-0.4, -0.2) is 69.7 Å². The van der Waals surface area contributed by atoms with Gasteiger partial charge in [-0.05, 0) is 25.1 Å². The zero-order valence-corrected chi connectivity index (χ0v) is 15.4. The molecule has 7 heteroatoms. The number of carbonyl (C=O) groups is 1. The fourth-order valence-corrected chi connectivity index (χ4v) is 3.37. The summed E-state index contributed by atoms with van der Waals surface area (Å²) in [7, 11) is 3.21. The third-order valence-electron chi connectivity index (χ3n) is 3.87. The van der Waals surface area contributed by atoms with Gasteiger partial charge >= 0.3 is 0 Å². The van der Waals surface area contributed by atoms with Gasteiger partial charge in [0, 0.05) is 31.1 Å². The zero-order chi connectivity index (χ0) is 17.4. The molecule has 1 aliphatic rings. The maximum absolute atomic E-state index is 12.2. The second-order valence-corrected chi connectivity index (χ2v) is 6.94. The monoisotopic (exact) mass is 354 g/mol. The predicted octanol–water partition coefficient (Wildman–Crippen LogP) is 1.63. The van der Waals surface area contributed by atoms with Crippen LogP contribution in [0.4, 0.5) is 0 Å². The first-order valence-electron chi connectivity index (χ1n) is 8.10. The minimum atomic E-state index is -0.173. The van der Waals surface area contributed by atoms with Gasteiger partial charge in [-0.15, -0.1) is 11.8 Å². The highest BCUT2D eigenvalue weighted by atomic mass is 32.2. The first-order valence-corrected chi connectivity index (χ1v) is 8.98. The first kappa shape index (κ1) is 18.9. The fraction of sp³-hybridized carbons (Fsp3) is 0.588. The van der Waals surface area contributed by atoms with E-state index in [0.717, 1.165) is 37.7 Å². The highest BCUT2D eigenvalue weighted by molar-refractivity contribution is 8.00. The van der Waals surface area contributed by atoms with Crippen LogP contribution in [0.5, 0.6) is 11.5 Å². The Morgan fingerprint density at radius 2 is 2.00 bits per heavy atom. The number of ether oxygens (including phenoxy) is 3. The Balaban J connectivity index is 1.78. The van der Waals surface area contributed by atoms with Gasteiger partial charge in [0.15, 0.2) is 11.5 Å². The van der Waals surface area contributed by atoms with Gasteiger partial charge in [-0.2, -0.15) is 0 Å². The summed E-state index contributed by atoms with van der Waals surface area (Å²) in [6, 6.07) is 5.68. The number of hydrogen-bond donors (Lipinski definition) is 1. The van der Waals surface area contributed by atoms with Crippen molar-refractivity contribution in [2.24, 2.45) is 0 Å². The molecule has 2 rings (SSSR count). The lowest BCUT2D eigenvalue weighted by Gasteiger charge is -2.26. The quantitative estimate of drug-likeness (QED) is 0.716. The molecule has 134 valence electrons. The molecule has 1 aromatic carbocycles. The van der Waals surface area contributed by atoms with Gasteiger partial charge in [-0.3, -0.25) is 9.69 Å². The zero-order valence-electron chi connectivity index (χ0n) is 14.5. The summed E-state index contributed by atoms with van der Waals surface area (Å²) in [5, 5.41) is 2.83. The molecule has 1 aromatic rings. The molecule has 1 N–H and O–H groups in total. The van der Waals surface area contributed by atoms with E-state index in [4.69, 9.17) is 14.2 Å². The van der Waals surface area contributed by atoms with Crippen LogP contribution in [0.3, 0.4) is 0 Å². The number of nitrogens with zero attached hydrogens (tertiary/aromatic N) is 1. The van der Waals surface area contributed by atoms with Crippen LogP contribution >= 0.6 is 11.8 Å². The number of methoxy groups -OCH3 is 2. The molecule has 0 aromatic heterocycles. The van der Waals surface area contributed by atoms with Gasteiger partial charge < -0.3 is 19.5 Å². The van der Waals surface area contributed by atoms with Crippen molar-refractivity contribution in [2.75, 3.05) is 53.6 Å². The van der Waals surface area contributed by atoms with E-state index in [1.165, 1.54) is 11.8 Å². The Kier molecular flexibility index (Phi) is 7.68. The second-order valence-electron chi connectivity index (χ2n) is 5.52. The summed E-state index contributed by atoms with van der Waals surface area (Å²) in [6.45, 7) is 6.86. The minimum Gasteiger partial charge on any atom is -0.493 e.